The second-order valence-electron chi connectivity index (χ2n) is 4.43. The fourth-order valence-electron chi connectivity index (χ4n) is 1.79. The molecule has 0 bridgehead atoms. The van der Waals surface area contributed by atoms with Gasteiger partial charge < -0.3 is 9.47 Å². The summed E-state index contributed by atoms with van der Waals surface area (Å²) in [6.07, 6.45) is 3.05. The molecule has 2 aromatic rings. The molecule has 0 heterocycles. The van der Waals surface area contributed by atoms with E-state index < -0.39 is 5.97 Å². The number of carbonyl (C=O) groups is 1. The fraction of sp³-hybridized carbons (Fsp3) is 0.118. The molecule has 0 N–H and O–H groups in total. The Hall–Kier alpha value is -2.07. The van der Waals surface area contributed by atoms with Crippen LogP contribution in [0.15, 0.2) is 53.0 Å². The monoisotopic (exact) mass is 346 g/mol. The minimum Gasteiger partial charge on any atom is -0.496 e. The maximum absolute atomic E-state index is 11.9. The van der Waals surface area contributed by atoms with Crippen LogP contribution in [0.5, 0.6) is 11.5 Å². The molecule has 3 nitrogen and oxygen atoms in total. The zero-order valence-corrected chi connectivity index (χ0v) is 13.4. The molecule has 0 saturated carbocycles. The third-order valence-corrected chi connectivity index (χ3v) is 3.46. The van der Waals surface area contributed by atoms with Crippen LogP contribution in [0, 0.1) is 6.92 Å². The summed E-state index contributed by atoms with van der Waals surface area (Å²) >= 11 is 3.37. The summed E-state index contributed by atoms with van der Waals surface area (Å²) in [6.45, 7) is 1.97. The van der Waals surface area contributed by atoms with Gasteiger partial charge in [0.15, 0.2) is 0 Å². The molecule has 4 heteroatoms. The summed E-state index contributed by atoms with van der Waals surface area (Å²) < 4.78 is 11.3. The second-order valence-corrected chi connectivity index (χ2v) is 5.28. The van der Waals surface area contributed by atoms with Gasteiger partial charge in [-0.1, -0.05) is 24.3 Å². The van der Waals surface area contributed by atoms with Crippen molar-refractivity contribution in [2.45, 2.75) is 6.92 Å². The average molecular weight is 347 g/mol. The lowest BCUT2D eigenvalue weighted by Gasteiger charge is -2.05. The fourth-order valence-corrected chi connectivity index (χ4v) is 2.37. The molecular weight excluding hydrogens is 332 g/mol. The number of hydrogen-bond donors (Lipinski definition) is 0. The lowest BCUT2D eigenvalue weighted by molar-refractivity contribution is -0.128. The number of halogens is 1. The van der Waals surface area contributed by atoms with E-state index in [0.717, 1.165) is 15.6 Å². The van der Waals surface area contributed by atoms with Gasteiger partial charge in [-0.15, -0.1) is 0 Å². The molecule has 21 heavy (non-hydrogen) atoms. The Morgan fingerprint density at radius 1 is 1.14 bits per heavy atom. The van der Waals surface area contributed by atoms with E-state index in [1.165, 1.54) is 6.08 Å². The van der Waals surface area contributed by atoms with Crippen LogP contribution in [0.2, 0.25) is 0 Å². The van der Waals surface area contributed by atoms with Gasteiger partial charge in [-0.05, 0) is 52.7 Å². The standard InChI is InChI=1S/C17H15BrO3/c1-12-7-9-16(14(18)11-12)21-17(19)10-8-13-5-3-4-6-15(13)20-2/h3-11H,1-2H3/b10-8+. The van der Waals surface area contributed by atoms with Crippen molar-refractivity contribution in [1.82, 2.24) is 0 Å². The quantitative estimate of drug-likeness (QED) is 0.468. The molecular formula is C17H15BrO3. The first-order valence-corrected chi connectivity index (χ1v) is 7.18. The van der Waals surface area contributed by atoms with Crippen LogP contribution < -0.4 is 9.47 Å². The highest BCUT2D eigenvalue weighted by Crippen LogP contribution is 2.26. The minimum atomic E-state index is -0.439. The molecule has 0 amide bonds. The lowest BCUT2D eigenvalue weighted by Crippen LogP contribution is -2.04. The van der Waals surface area contributed by atoms with Gasteiger partial charge in [0.1, 0.15) is 11.5 Å². The van der Waals surface area contributed by atoms with E-state index in [2.05, 4.69) is 15.9 Å². The predicted octanol–water partition coefficient (Wildman–Crippen LogP) is 4.38. The molecule has 0 aliphatic heterocycles. The number of aryl methyl sites for hydroxylation is 1. The Morgan fingerprint density at radius 3 is 2.62 bits per heavy atom. The average Bonchev–Trinajstić information content (AvgIpc) is 2.48. The number of benzene rings is 2. The Labute approximate surface area is 132 Å². The topological polar surface area (TPSA) is 35.5 Å². The Balaban J connectivity index is 2.09. The molecule has 0 spiro atoms. The van der Waals surface area contributed by atoms with Crippen molar-refractivity contribution in [3.8, 4) is 11.5 Å². The van der Waals surface area contributed by atoms with Gasteiger partial charge in [0.2, 0.25) is 0 Å². The van der Waals surface area contributed by atoms with E-state index in [9.17, 15) is 4.79 Å². The van der Waals surface area contributed by atoms with Crippen LogP contribution in [0.25, 0.3) is 6.08 Å². The number of para-hydroxylation sites is 1. The summed E-state index contributed by atoms with van der Waals surface area (Å²) in [4.78, 5) is 11.9. The second kappa shape index (κ2) is 7.09. The van der Waals surface area contributed by atoms with Crippen LogP contribution in [-0.4, -0.2) is 13.1 Å². The van der Waals surface area contributed by atoms with E-state index >= 15 is 0 Å². The number of rotatable bonds is 4. The summed E-state index contributed by atoms with van der Waals surface area (Å²) in [5.41, 5.74) is 1.91. The molecule has 0 aliphatic rings. The van der Waals surface area contributed by atoms with Crippen molar-refractivity contribution in [2.24, 2.45) is 0 Å². The van der Waals surface area contributed by atoms with E-state index in [-0.39, 0.29) is 0 Å². The van der Waals surface area contributed by atoms with Crippen molar-refractivity contribution >= 4 is 28.0 Å². The Kier molecular flexibility index (Phi) is 5.17. The summed E-state index contributed by atoms with van der Waals surface area (Å²) in [5, 5.41) is 0. The highest BCUT2D eigenvalue weighted by molar-refractivity contribution is 9.10. The molecule has 0 saturated heterocycles. The number of hydrogen-bond acceptors (Lipinski definition) is 3. The number of carbonyl (C=O) groups excluding carboxylic acids is 1. The Bertz CT molecular complexity index is 677. The van der Waals surface area contributed by atoms with Crippen molar-refractivity contribution in [3.63, 3.8) is 0 Å². The van der Waals surface area contributed by atoms with Crippen molar-refractivity contribution in [3.05, 3.63) is 64.1 Å². The van der Waals surface area contributed by atoms with Crippen LogP contribution in [0.4, 0.5) is 0 Å². The van der Waals surface area contributed by atoms with Gasteiger partial charge in [-0.3, -0.25) is 0 Å². The van der Waals surface area contributed by atoms with Gasteiger partial charge in [-0.25, -0.2) is 4.79 Å². The molecule has 2 aromatic carbocycles. The van der Waals surface area contributed by atoms with Crippen molar-refractivity contribution < 1.29 is 14.3 Å². The molecule has 0 radical (unpaired) electrons. The molecule has 2 rings (SSSR count). The van der Waals surface area contributed by atoms with Gasteiger partial charge in [0.25, 0.3) is 0 Å². The highest BCUT2D eigenvalue weighted by atomic mass is 79.9. The van der Waals surface area contributed by atoms with E-state index in [1.54, 1.807) is 19.3 Å². The molecule has 0 aliphatic carbocycles. The maximum atomic E-state index is 11.9. The summed E-state index contributed by atoms with van der Waals surface area (Å²) in [7, 11) is 1.59. The normalized spacial score (nSPS) is 10.6. The smallest absolute Gasteiger partial charge is 0.336 e. The van der Waals surface area contributed by atoms with E-state index in [0.29, 0.717) is 11.5 Å². The van der Waals surface area contributed by atoms with Gasteiger partial charge in [0.05, 0.1) is 11.6 Å². The third-order valence-electron chi connectivity index (χ3n) is 2.84. The van der Waals surface area contributed by atoms with E-state index in [1.807, 2.05) is 43.3 Å². The molecule has 0 fully saturated rings. The molecule has 0 aromatic heterocycles. The molecule has 0 unspecified atom stereocenters. The largest absolute Gasteiger partial charge is 0.496 e. The lowest BCUT2D eigenvalue weighted by atomic mass is 10.2. The minimum absolute atomic E-state index is 0.439. The zero-order valence-electron chi connectivity index (χ0n) is 11.8. The van der Waals surface area contributed by atoms with E-state index in [4.69, 9.17) is 9.47 Å². The summed E-state index contributed by atoms with van der Waals surface area (Å²) in [6, 6.07) is 13.0. The Morgan fingerprint density at radius 2 is 1.90 bits per heavy atom. The van der Waals surface area contributed by atoms with Crippen LogP contribution in [0.3, 0.4) is 0 Å². The van der Waals surface area contributed by atoms with Crippen LogP contribution in [0.1, 0.15) is 11.1 Å². The predicted molar refractivity (Wildman–Crippen MR) is 86.5 cm³/mol. The first-order chi connectivity index (χ1) is 10.1. The van der Waals surface area contributed by atoms with Crippen molar-refractivity contribution in [1.29, 1.82) is 0 Å². The van der Waals surface area contributed by atoms with Crippen LogP contribution >= 0.6 is 15.9 Å². The SMILES string of the molecule is COc1ccccc1/C=C/C(=O)Oc1ccc(C)cc1Br. The highest BCUT2D eigenvalue weighted by Gasteiger charge is 2.06. The number of esters is 1. The van der Waals surface area contributed by atoms with Crippen molar-refractivity contribution in [2.75, 3.05) is 7.11 Å². The van der Waals surface area contributed by atoms with Gasteiger partial charge in [0, 0.05) is 11.6 Å². The number of methoxy groups -OCH3 is 1. The third kappa shape index (κ3) is 4.20. The summed E-state index contributed by atoms with van der Waals surface area (Å²) in [5.74, 6) is 0.763. The zero-order chi connectivity index (χ0) is 15.2. The first kappa shape index (κ1) is 15.3. The maximum Gasteiger partial charge on any atom is 0.336 e. The molecule has 0 atom stereocenters. The van der Waals surface area contributed by atoms with Crippen LogP contribution in [-0.2, 0) is 4.79 Å². The first-order valence-electron chi connectivity index (χ1n) is 6.39. The molecule has 108 valence electrons. The van der Waals surface area contributed by atoms with Gasteiger partial charge in [-0.2, -0.15) is 0 Å². The van der Waals surface area contributed by atoms with Gasteiger partial charge >= 0.3 is 5.97 Å². The number of ether oxygens (including phenoxy) is 2.